The third-order valence-corrected chi connectivity index (χ3v) is 5.09. The van der Waals surface area contributed by atoms with Crippen molar-refractivity contribution >= 4 is 27.5 Å². The van der Waals surface area contributed by atoms with Gasteiger partial charge in [0.25, 0.3) is 5.91 Å². The number of carbonyl (C=O) groups excluding carboxylic acids is 1. The molecule has 0 atom stereocenters. The number of halogens is 3. The van der Waals surface area contributed by atoms with Gasteiger partial charge < -0.3 is 9.32 Å². The van der Waals surface area contributed by atoms with Crippen molar-refractivity contribution in [2.75, 3.05) is 11.4 Å². The Balaban J connectivity index is 1.73. The van der Waals surface area contributed by atoms with Crippen molar-refractivity contribution in [3.63, 3.8) is 0 Å². The summed E-state index contributed by atoms with van der Waals surface area (Å²) < 4.78 is 33.5. The first-order chi connectivity index (χ1) is 11.1. The zero-order valence-corrected chi connectivity index (χ0v) is 13.7. The van der Waals surface area contributed by atoms with E-state index in [1.807, 2.05) is 0 Å². The van der Waals surface area contributed by atoms with Crippen LogP contribution in [-0.2, 0) is 6.42 Å². The standard InChI is InChI=1S/C16H13BrF2N2O2/c17-13-9-2-1-5-21(14(9)11(19)6-10(13)18)16(22)12-7-23-15(20-12)8-3-4-8/h6-8H,1-5H2. The number of hydrogen-bond acceptors (Lipinski definition) is 3. The lowest BCUT2D eigenvalue weighted by Gasteiger charge is -2.30. The molecular weight excluding hydrogens is 370 g/mol. The van der Waals surface area contributed by atoms with Crippen molar-refractivity contribution in [3.05, 3.63) is 45.6 Å². The molecule has 0 spiro atoms. The molecule has 2 aliphatic rings. The predicted octanol–water partition coefficient (Wildman–Crippen LogP) is 4.19. The fourth-order valence-corrected chi connectivity index (χ4v) is 3.43. The number of nitrogens with zero attached hydrogens (tertiary/aromatic N) is 2. The average molecular weight is 383 g/mol. The van der Waals surface area contributed by atoms with Crippen LogP contribution in [0.1, 0.15) is 47.1 Å². The van der Waals surface area contributed by atoms with Gasteiger partial charge in [0.05, 0.1) is 10.2 Å². The first-order valence-electron chi connectivity index (χ1n) is 7.50. The van der Waals surface area contributed by atoms with E-state index in [0.717, 1.165) is 18.9 Å². The Labute approximate surface area is 139 Å². The van der Waals surface area contributed by atoms with Gasteiger partial charge in [-0.15, -0.1) is 0 Å². The van der Waals surface area contributed by atoms with Crippen LogP contribution in [0.25, 0.3) is 0 Å². The van der Waals surface area contributed by atoms with Gasteiger partial charge in [-0.25, -0.2) is 13.8 Å². The van der Waals surface area contributed by atoms with Gasteiger partial charge in [-0.1, -0.05) is 0 Å². The summed E-state index contributed by atoms with van der Waals surface area (Å²) in [5.74, 6) is -0.955. The molecule has 0 N–H and O–H groups in total. The van der Waals surface area contributed by atoms with Crippen LogP contribution in [0, 0.1) is 11.6 Å². The number of aromatic nitrogens is 1. The monoisotopic (exact) mass is 382 g/mol. The molecule has 0 bridgehead atoms. The molecule has 2 aromatic rings. The molecule has 1 aromatic carbocycles. The minimum absolute atomic E-state index is 0.130. The average Bonchev–Trinajstić information content (AvgIpc) is 3.28. The minimum Gasteiger partial charge on any atom is -0.448 e. The number of rotatable bonds is 2. The molecule has 1 aromatic heterocycles. The topological polar surface area (TPSA) is 46.3 Å². The van der Waals surface area contributed by atoms with Crippen molar-refractivity contribution in [2.24, 2.45) is 0 Å². The van der Waals surface area contributed by atoms with Gasteiger partial charge >= 0.3 is 0 Å². The molecule has 2 heterocycles. The van der Waals surface area contributed by atoms with E-state index in [2.05, 4.69) is 20.9 Å². The Bertz CT molecular complexity index is 802. The molecule has 1 fully saturated rings. The summed E-state index contributed by atoms with van der Waals surface area (Å²) >= 11 is 3.15. The molecule has 23 heavy (non-hydrogen) atoms. The first kappa shape index (κ1) is 14.8. The van der Waals surface area contributed by atoms with E-state index in [-0.39, 0.29) is 15.9 Å². The summed E-state index contributed by atoms with van der Waals surface area (Å²) in [6.07, 6.45) is 4.50. The summed E-state index contributed by atoms with van der Waals surface area (Å²) in [7, 11) is 0. The maximum atomic E-state index is 14.3. The number of hydrogen-bond donors (Lipinski definition) is 0. The van der Waals surface area contributed by atoms with Gasteiger partial charge in [0, 0.05) is 18.5 Å². The van der Waals surface area contributed by atoms with Crippen LogP contribution < -0.4 is 4.90 Å². The second-order valence-corrected chi connectivity index (χ2v) is 6.68. The SMILES string of the molecule is O=C(c1coc(C2CC2)n1)N1CCCc2c(Br)c(F)cc(F)c21. The summed E-state index contributed by atoms with van der Waals surface area (Å²) in [5, 5.41) is 0. The number of anilines is 1. The van der Waals surface area contributed by atoms with E-state index in [4.69, 9.17) is 4.42 Å². The van der Waals surface area contributed by atoms with E-state index >= 15 is 0 Å². The number of benzene rings is 1. The highest BCUT2D eigenvalue weighted by atomic mass is 79.9. The van der Waals surface area contributed by atoms with Gasteiger partial charge in [-0.3, -0.25) is 4.79 Å². The lowest BCUT2D eigenvalue weighted by atomic mass is 10.0. The van der Waals surface area contributed by atoms with Crippen molar-refractivity contribution in [2.45, 2.75) is 31.6 Å². The first-order valence-corrected chi connectivity index (χ1v) is 8.29. The van der Waals surface area contributed by atoms with E-state index in [0.29, 0.717) is 36.8 Å². The number of fused-ring (bicyclic) bond motifs is 1. The Kier molecular flexibility index (Phi) is 3.48. The largest absolute Gasteiger partial charge is 0.448 e. The van der Waals surface area contributed by atoms with Crippen molar-refractivity contribution in [3.8, 4) is 0 Å². The van der Waals surface area contributed by atoms with Crippen LogP contribution in [0.3, 0.4) is 0 Å². The van der Waals surface area contributed by atoms with Crippen LogP contribution in [0.2, 0.25) is 0 Å². The quantitative estimate of drug-likeness (QED) is 0.731. The van der Waals surface area contributed by atoms with E-state index in [1.165, 1.54) is 11.2 Å². The Morgan fingerprint density at radius 3 is 2.87 bits per heavy atom. The smallest absolute Gasteiger partial charge is 0.280 e. The molecule has 1 amide bonds. The maximum Gasteiger partial charge on any atom is 0.280 e. The summed E-state index contributed by atoms with van der Waals surface area (Å²) in [4.78, 5) is 18.2. The molecular formula is C16H13BrF2N2O2. The second kappa shape index (κ2) is 5.40. The fourth-order valence-electron chi connectivity index (χ4n) is 2.93. The Hall–Kier alpha value is -1.76. The highest BCUT2D eigenvalue weighted by Crippen LogP contribution is 2.40. The number of oxazole rings is 1. The number of amides is 1. The van der Waals surface area contributed by atoms with Crippen LogP contribution in [0.4, 0.5) is 14.5 Å². The molecule has 1 aliphatic carbocycles. The van der Waals surface area contributed by atoms with Crippen molar-refractivity contribution in [1.29, 1.82) is 0 Å². The highest BCUT2D eigenvalue weighted by molar-refractivity contribution is 9.10. The highest BCUT2D eigenvalue weighted by Gasteiger charge is 2.33. The third-order valence-electron chi connectivity index (χ3n) is 4.23. The van der Waals surface area contributed by atoms with E-state index < -0.39 is 17.5 Å². The van der Waals surface area contributed by atoms with E-state index in [1.54, 1.807) is 0 Å². The van der Waals surface area contributed by atoms with Gasteiger partial charge in [0.1, 0.15) is 17.9 Å². The molecule has 0 saturated heterocycles. The zero-order valence-electron chi connectivity index (χ0n) is 12.1. The molecule has 1 aliphatic heterocycles. The second-order valence-electron chi connectivity index (χ2n) is 5.89. The Morgan fingerprint density at radius 1 is 1.35 bits per heavy atom. The lowest BCUT2D eigenvalue weighted by Crippen LogP contribution is -2.36. The predicted molar refractivity (Wildman–Crippen MR) is 82.5 cm³/mol. The van der Waals surface area contributed by atoms with Crippen LogP contribution >= 0.6 is 15.9 Å². The molecule has 7 heteroatoms. The zero-order chi connectivity index (χ0) is 16.1. The van der Waals surface area contributed by atoms with Gasteiger partial charge in [-0.2, -0.15) is 0 Å². The van der Waals surface area contributed by atoms with E-state index in [9.17, 15) is 13.6 Å². The molecule has 0 radical (unpaired) electrons. The normalized spacial score (nSPS) is 17.3. The molecule has 4 rings (SSSR count). The molecule has 1 saturated carbocycles. The van der Waals surface area contributed by atoms with Crippen molar-refractivity contribution in [1.82, 2.24) is 4.98 Å². The molecule has 120 valence electrons. The third kappa shape index (κ3) is 2.47. The maximum absolute atomic E-state index is 14.3. The summed E-state index contributed by atoms with van der Waals surface area (Å²) in [6, 6.07) is 0.799. The molecule has 0 unspecified atom stereocenters. The van der Waals surface area contributed by atoms with Gasteiger partial charge in [0.2, 0.25) is 0 Å². The van der Waals surface area contributed by atoms with Crippen LogP contribution in [-0.4, -0.2) is 17.4 Å². The molecule has 4 nitrogen and oxygen atoms in total. The van der Waals surface area contributed by atoms with Gasteiger partial charge in [-0.05, 0) is 47.2 Å². The number of carbonyl (C=O) groups is 1. The Morgan fingerprint density at radius 2 is 2.13 bits per heavy atom. The van der Waals surface area contributed by atoms with Gasteiger partial charge in [0.15, 0.2) is 11.6 Å². The fraction of sp³-hybridized carbons (Fsp3) is 0.375. The van der Waals surface area contributed by atoms with Crippen molar-refractivity contribution < 1.29 is 18.0 Å². The lowest BCUT2D eigenvalue weighted by molar-refractivity contribution is 0.0979. The minimum atomic E-state index is -0.736. The van der Waals surface area contributed by atoms with Crippen LogP contribution in [0.15, 0.2) is 21.2 Å². The summed E-state index contributed by atoms with van der Waals surface area (Å²) in [6.45, 7) is 0.368. The van der Waals surface area contributed by atoms with Crippen LogP contribution in [0.5, 0.6) is 0 Å². The summed E-state index contributed by atoms with van der Waals surface area (Å²) in [5.41, 5.74) is 0.776.